The molecule has 0 aliphatic carbocycles. The summed E-state index contributed by atoms with van der Waals surface area (Å²) in [7, 11) is 3.70. The monoisotopic (exact) mass is 258 g/mol. The van der Waals surface area contributed by atoms with Crippen molar-refractivity contribution in [2.24, 2.45) is 0 Å². The molecule has 0 fully saturated rings. The summed E-state index contributed by atoms with van der Waals surface area (Å²) in [5, 5.41) is 9.92. The van der Waals surface area contributed by atoms with Crippen LogP contribution in [0.15, 0.2) is 30.6 Å². The van der Waals surface area contributed by atoms with Crippen molar-refractivity contribution in [3.8, 4) is 0 Å². The lowest BCUT2D eigenvalue weighted by atomic mass is 10.1. The summed E-state index contributed by atoms with van der Waals surface area (Å²) in [6.07, 6.45) is 2.89. The minimum absolute atomic E-state index is 0.152. The molecular formula is C12H14N6O. The molecule has 0 atom stereocenters. The summed E-state index contributed by atoms with van der Waals surface area (Å²) in [5.41, 5.74) is 7.45. The first-order valence-corrected chi connectivity index (χ1v) is 5.60. The summed E-state index contributed by atoms with van der Waals surface area (Å²) in [6.45, 7) is 0. The summed E-state index contributed by atoms with van der Waals surface area (Å²) < 4.78 is 0. The Balaban J connectivity index is 2.30. The molecule has 0 saturated heterocycles. The number of aromatic nitrogens is 3. The van der Waals surface area contributed by atoms with E-state index in [0.29, 0.717) is 11.3 Å². The molecule has 2 aromatic rings. The lowest BCUT2D eigenvalue weighted by Gasteiger charge is -2.17. The number of nitrogens with two attached hydrogens (primary N) is 1. The molecule has 1 amide bonds. The second kappa shape index (κ2) is 5.30. The molecular weight excluding hydrogens is 244 g/mol. The van der Waals surface area contributed by atoms with E-state index in [0.717, 1.165) is 5.69 Å². The lowest BCUT2D eigenvalue weighted by molar-refractivity contribution is 0.102. The van der Waals surface area contributed by atoms with E-state index in [9.17, 15) is 4.79 Å². The zero-order chi connectivity index (χ0) is 13.8. The number of hydrogen-bond donors (Lipinski definition) is 2. The Morgan fingerprint density at radius 2 is 2.11 bits per heavy atom. The van der Waals surface area contributed by atoms with Crippen LogP contribution in [0.4, 0.5) is 17.3 Å². The van der Waals surface area contributed by atoms with Crippen LogP contribution in [-0.2, 0) is 0 Å². The minimum atomic E-state index is -0.330. The van der Waals surface area contributed by atoms with Crippen molar-refractivity contribution in [2.75, 3.05) is 30.0 Å². The largest absolute Gasteiger partial charge is 0.399 e. The predicted octanol–water partition coefficient (Wildman–Crippen LogP) is 0.772. The van der Waals surface area contributed by atoms with Crippen LogP contribution in [0.2, 0.25) is 0 Å². The topological polar surface area (TPSA) is 97.0 Å². The van der Waals surface area contributed by atoms with Gasteiger partial charge in [-0.2, -0.15) is 5.10 Å². The second-order valence-corrected chi connectivity index (χ2v) is 4.09. The first-order chi connectivity index (χ1) is 9.08. The average Bonchev–Trinajstić information content (AvgIpc) is 2.39. The molecule has 1 heterocycles. The number of nitrogens with one attached hydrogen (secondary N) is 1. The van der Waals surface area contributed by atoms with Crippen LogP contribution in [0.1, 0.15) is 10.4 Å². The Hall–Kier alpha value is -2.70. The van der Waals surface area contributed by atoms with Crippen molar-refractivity contribution in [3.63, 3.8) is 0 Å². The number of carbonyl (C=O) groups is 1. The third-order valence-corrected chi connectivity index (χ3v) is 2.45. The number of nitrogens with zero attached hydrogens (tertiary/aromatic N) is 4. The van der Waals surface area contributed by atoms with Crippen molar-refractivity contribution >= 4 is 23.2 Å². The zero-order valence-corrected chi connectivity index (χ0v) is 10.7. The molecule has 0 radical (unpaired) electrons. The molecule has 0 spiro atoms. The van der Waals surface area contributed by atoms with E-state index in [2.05, 4.69) is 20.5 Å². The van der Waals surface area contributed by atoms with Gasteiger partial charge >= 0.3 is 0 Å². The first-order valence-electron chi connectivity index (χ1n) is 5.60. The van der Waals surface area contributed by atoms with Gasteiger partial charge in [0.25, 0.3) is 5.91 Å². The number of anilines is 3. The molecule has 0 aliphatic heterocycles. The van der Waals surface area contributed by atoms with Crippen molar-refractivity contribution in [2.45, 2.75) is 0 Å². The number of carbonyl (C=O) groups excluding carboxylic acids is 1. The first kappa shape index (κ1) is 12.7. The highest BCUT2D eigenvalue weighted by Gasteiger charge is 2.14. The molecule has 19 heavy (non-hydrogen) atoms. The van der Waals surface area contributed by atoms with E-state index in [1.165, 1.54) is 12.4 Å². The SMILES string of the molecule is CN(C)c1ccc(N)cc1C(=O)Nc1nccnn1. The van der Waals surface area contributed by atoms with Crippen molar-refractivity contribution in [3.05, 3.63) is 36.2 Å². The van der Waals surface area contributed by atoms with Crippen LogP contribution in [0.25, 0.3) is 0 Å². The maximum atomic E-state index is 12.2. The molecule has 98 valence electrons. The van der Waals surface area contributed by atoms with Crippen molar-refractivity contribution < 1.29 is 4.79 Å². The van der Waals surface area contributed by atoms with E-state index < -0.39 is 0 Å². The van der Waals surface area contributed by atoms with E-state index in [-0.39, 0.29) is 11.9 Å². The lowest BCUT2D eigenvalue weighted by Crippen LogP contribution is -2.20. The van der Waals surface area contributed by atoms with Gasteiger partial charge in [-0.15, -0.1) is 5.10 Å². The number of nitrogen functional groups attached to an aromatic ring is 1. The van der Waals surface area contributed by atoms with E-state index in [1.54, 1.807) is 18.2 Å². The van der Waals surface area contributed by atoms with Crippen molar-refractivity contribution in [1.82, 2.24) is 15.2 Å². The van der Waals surface area contributed by atoms with Gasteiger partial charge < -0.3 is 10.6 Å². The number of rotatable bonds is 3. The molecule has 0 bridgehead atoms. The van der Waals surface area contributed by atoms with Gasteiger partial charge in [-0.1, -0.05) is 0 Å². The number of amides is 1. The molecule has 7 heteroatoms. The highest BCUT2D eigenvalue weighted by atomic mass is 16.1. The smallest absolute Gasteiger partial charge is 0.260 e. The molecule has 0 unspecified atom stereocenters. The maximum Gasteiger partial charge on any atom is 0.260 e. The Morgan fingerprint density at radius 3 is 2.74 bits per heavy atom. The van der Waals surface area contributed by atoms with Gasteiger partial charge in [0.15, 0.2) is 0 Å². The highest BCUT2D eigenvalue weighted by Crippen LogP contribution is 2.22. The van der Waals surface area contributed by atoms with Gasteiger partial charge in [0.05, 0.1) is 18.0 Å². The summed E-state index contributed by atoms with van der Waals surface area (Å²) in [5.74, 6) is -0.177. The Morgan fingerprint density at radius 1 is 1.32 bits per heavy atom. The Bertz CT molecular complexity index is 584. The maximum absolute atomic E-state index is 12.2. The van der Waals surface area contributed by atoms with Crippen LogP contribution in [0.3, 0.4) is 0 Å². The third kappa shape index (κ3) is 2.95. The van der Waals surface area contributed by atoms with Crippen LogP contribution in [0.5, 0.6) is 0 Å². The molecule has 1 aromatic heterocycles. The predicted molar refractivity (Wildman–Crippen MR) is 73.0 cm³/mol. The standard InChI is InChI=1S/C12H14N6O/c1-18(2)10-4-3-8(13)7-9(10)11(19)16-12-14-5-6-15-17-12/h3-7H,13H2,1-2H3,(H,14,16,17,19). The molecule has 1 aromatic carbocycles. The number of hydrogen-bond acceptors (Lipinski definition) is 6. The second-order valence-electron chi connectivity index (χ2n) is 4.09. The molecule has 0 aliphatic rings. The van der Waals surface area contributed by atoms with Crippen molar-refractivity contribution in [1.29, 1.82) is 0 Å². The molecule has 2 rings (SSSR count). The molecule has 3 N–H and O–H groups in total. The van der Waals surface area contributed by atoms with E-state index in [4.69, 9.17) is 5.73 Å². The van der Waals surface area contributed by atoms with E-state index in [1.807, 2.05) is 19.0 Å². The summed E-state index contributed by atoms with van der Waals surface area (Å²) in [4.78, 5) is 17.9. The van der Waals surface area contributed by atoms with Gasteiger partial charge in [-0.05, 0) is 18.2 Å². The van der Waals surface area contributed by atoms with Gasteiger partial charge in [0.2, 0.25) is 5.95 Å². The minimum Gasteiger partial charge on any atom is -0.399 e. The number of benzene rings is 1. The average molecular weight is 258 g/mol. The summed E-state index contributed by atoms with van der Waals surface area (Å²) in [6, 6.07) is 5.14. The zero-order valence-electron chi connectivity index (χ0n) is 10.7. The van der Waals surface area contributed by atoms with Gasteiger partial charge in [0.1, 0.15) is 0 Å². The Labute approximate surface area is 110 Å². The summed E-state index contributed by atoms with van der Waals surface area (Å²) >= 11 is 0. The van der Waals surface area contributed by atoms with E-state index >= 15 is 0 Å². The fraction of sp³-hybridized carbons (Fsp3) is 0.167. The van der Waals surface area contributed by atoms with Gasteiger partial charge in [-0.25, -0.2) is 4.98 Å². The quantitative estimate of drug-likeness (QED) is 0.789. The van der Waals surface area contributed by atoms with Gasteiger partial charge in [-0.3, -0.25) is 10.1 Å². The van der Waals surface area contributed by atoms with Crippen LogP contribution >= 0.6 is 0 Å². The van der Waals surface area contributed by atoms with Gasteiger partial charge in [0, 0.05) is 25.5 Å². The fourth-order valence-corrected chi connectivity index (χ4v) is 1.60. The molecule has 0 saturated carbocycles. The normalized spacial score (nSPS) is 10.0. The Kier molecular flexibility index (Phi) is 3.56. The third-order valence-electron chi connectivity index (χ3n) is 2.45. The van der Waals surface area contributed by atoms with Crippen LogP contribution in [0, 0.1) is 0 Å². The van der Waals surface area contributed by atoms with Crippen LogP contribution < -0.4 is 16.0 Å². The highest BCUT2D eigenvalue weighted by molar-refractivity contribution is 6.07. The fourth-order valence-electron chi connectivity index (χ4n) is 1.60. The van der Waals surface area contributed by atoms with Crippen LogP contribution in [-0.4, -0.2) is 35.2 Å². The molecule has 7 nitrogen and oxygen atoms in total.